The Bertz CT molecular complexity index is 1010. The molecule has 142 valence electrons. The Morgan fingerprint density at radius 1 is 0.857 bits per heavy atom. The highest BCUT2D eigenvalue weighted by atomic mass is 35.5. The number of hydrogen-bond donors (Lipinski definition) is 0. The van der Waals surface area contributed by atoms with E-state index in [1.807, 2.05) is 53.4 Å². The Balaban J connectivity index is 1.89. The summed E-state index contributed by atoms with van der Waals surface area (Å²) < 4.78 is 0. The van der Waals surface area contributed by atoms with Gasteiger partial charge in [0.05, 0.1) is 0 Å². The van der Waals surface area contributed by atoms with Crippen LogP contribution in [0.2, 0.25) is 5.02 Å². The predicted molar refractivity (Wildman–Crippen MR) is 116 cm³/mol. The van der Waals surface area contributed by atoms with Crippen LogP contribution in [-0.2, 0) is 5.41 Å². The van der Waals surface area contributed by atoms with Crippen molar-refractivity contribution in [3.63, 3.8) is 0 Å². The van der Waals surface area contributed by atoms with Crippen molar-refractivity contribution in [1.82, 2.24) is 0 Å². The van der Waals surface area contributed by atoms with Crippen molar-refractivity contribution in [2.75, 3.05) is 4.90 Å². The maximum atomic E-state index is 13.5. The van der Waals surface area contributed by atoms with Gasteiger partial charge in [-0.3, -0.25) is 4.79 Å². The number of amides is 1. The Kier molecular flexibility index (Phi) is 4.55. The average Bonchev–Trinajstić information content (AvgIpc) is 2.68. The molecular formula is C25H24ClNO. The number of nitrogens with zero attached hydrogens (tertiary/aromatic N) is 1. The first-order valence-electron chi connectivity index (χ1n) is 9.58. The molecule has 1 amide bonds. The van der Waals surface area contributed by atoms with E-state index < -0.39 is 0 Å². The second kappa shape index (κ2) is 6.79. The van der Waals surface area contributed by atoms with Crippen molar-refractivity contribution < 1.29 is 4.79 Å². The van der Waals surface area contributed by atoms with Crippen molar-refractivity contribution >= 4 is 23.2 Å². The van der Waals surface area contributed by atoms with Gasteiger partial charge in [0.15, 0.2) is 0 Å². The van der Waals surface area contributed by atoms with Gasteiger partial charge in [0.25, 0.3) is 5.91 Å². The normalized spacial score (nSPS) is 20.5. The summed E-state index contributed by atoms with van der Waals surface area (Å²) in [7, 11) is 0. The number of hydrogen-bond acceptors (Lipinski definition) is 1. The van der Waals surface area contributed by atoms with Crippen LogP contribution in [0.15, 0.2) is 78.9 Å². The molecule has 0 N–H and O–H groups in total. The molecule has 2 nitrogen and oxygen atoms in total. The number of para-hydroxylation sites is 1. The van der Waals surface area contributed by atoms with Crippen LogP contribution in [0.5, 0.6) is 0 Å². The number of carbonyl (C=O) groups is 1. The van der Waals surface area contributed by atoms with E-state index in [-0.39, 0.29) is 16.9 Å². The van der Waals surface area contributed by atoms with E-state index in [0.717, 1.165) is 17.1 Å². The van der Waals surface area contributed by atoms with E-state index in [1.54, 1.807) is 0 Å². The number of carbonyl (C=O) groups excluding carboxylic acids is 1. The standard InChI is InChI=1S/C25H24ClNO/c1-24(2)17-25(3,19-13-15-20(26)16-14-19)21-11-7-8-12-22(21)27(24)23(28)18-9-5-4-6-10-18/h4-16H,17H2,1-3H3/t25-/m1/s1. The molecule has 0 fully saturated rings. The second-order valence-electron chi connectivity index (χ2n) is 8.35. The summed E-state index contributed by atoms with van der Waals surface area (Å²) in [6.45, 7) is 6.57. The fourth-order valence-electron chi connectivity index (χ4n) is 4.67. The van der Waals surface area contributed by atoms with Crippen LogP contribution >= 0.6 is 11.6 Å². The van der Waals surface area contributed by atoms with Gasteiger partial charge in [0, 0.05) is 27.2 Å². The molecule has 3 aromatic carbocycles. The van der Waals surface area contributed by atoms with Gasteiger partial charge in [-0.1, -0.05) is 67.1 Å². The van der Waals surface area contributed by atoms with E-state index in [4.69, 9.17) is 11.6 Å². The number of fused-ring (bicyclic) bond motifs is 1. The molecule has 0 unspecified atom stereocenters. The molecule has 1 atom stereocenters. The lowest BCUT2D eigenvalue weighted by atomic mass is 9.65. The van der Waals surface area contributed by atoms with Crippen LogP contribution in [0.1, 0.15) is 48.7 Å². The van der Waals surface area contributed by atoms with Crippen molar-refractivity contribution in [3.05, 3.63) is 101 Å². The Morgan fingerprint density at radius 3 is 2.14 bits per heavy atom. The minimum atomic E-state index is -0.352. The van der Waals surface area contributed by atoms with Gasteiger partial charge in [-0.15, -0.1) is 0 Å². The lowest BCUT2D eigenvalue weighted by Gasteiger charge is -2.51. The van der Waals surface area contributed by atoms with Gasteiger partial charge in [0.2, 0.25) is 0 Å². The smallest absolute Gasteiger partial charge is 0.258 e. The molecule has 0 aliphatic carbocycles. The van der Waals surface area contributed by atoms with Crippen LogP contribution < -0.4 is 4.90 Å². The predicted octanol–water partition coefficient (Wildman–Crippen LogP) is 6.48. The lowest BCUT2D eigenvalue weighted by molar-refractivity contribution is 0.0948. The van der Waals surface area contributed by atoms with Gasteiger partial charge in [-0.2, -0.15) is 0 Å². The van der Waals surface area contributed by atoms with Crippen LogP contribution in [0.3, 0.4) is 0 Å². The summed E-state index contributed by atoms with van der Waals surface area (Å²) in [5.74, 6) is 0.0382. The third-order valence-corrected chi connectivity index (χ3v) is 6.09. The molecule has 28 heavy (non-hydrogen) atoms. The highest BCUT2D eigenvalue weighted by molar-refractivity contribution is 6.30. The fourth-order valence-corrected chi connectivity index (χ4v) is 4.80. The van der Waals surface area contributed by atoms with Crippen LogP contribution in [0.4, 0.5) is 5.69 Å². The maximum absolute atomic E-state index is 13.5. The number of anilines is 1. The van der Waals surface area contributed by atoms with Crippen molar-refractivity contribution in [1.29, 1.82) is 0 Å². The largest absolute Gasteiger partial charge is 0.302 e. The first kappa shape index (κ1) is 18.8. The summed E-state index contributed by atoms with van der Waals surface area (Å²) >= 11 is 6.13. The van der Waals surface area contributed by atoms with Gasteiger partial charge in [0.1, 0.15) is 0 Å². The zero-order valence-electron chi connectivity index (χ0n) is 16.4. The summed E-state index contributed by atoms with van der Waals surface area (Å²) in [5.41, 5.74) is 3.50. The zero-order valence-corrected chi connectivity index (χ0v) is 17.2. The minimum Gasteiger partial charge on any atom is -0.302 e. The Morgan fingerprint density at radius 2 is 1.46 bits per heavy atom. The van der Waals surface area contributed by atoms with Gasteiger partial charge in [-0.25, -0.2) is 0 Å². The molecule has 0 bridgehead atoms. The highest BCUT2D eigenvalue weighted by Gasteiger charge is 2.47. The molecule has 3 aromatic rings. The van der Waals surface area contributed by atoms with E-state index >= 15 is 0 Å². The quantitative estimate of drug-likeness (QED) is 0.491. The average molecular weight is 390 g/mol. The summed E-state index contributed by atoms with van der Waals surface area (Å²) in [5, 5.41) is 0.733. The molecule has 0 saturated heterocycles. The fraction of sp³-hybridized carbons (Fsp3) is 0.240. The van der Waals surface area contributed by atoms with Crippen LogP contribution in [0, 0.1) is 0 Å². The molecule has 1 aliphatic heterocycles. The van der Waals surface area contributed by atoms with Crippen molar-refractivity contribution in [2.24, 2.45) is 0 Å². The molecule has 1 heterocycles. The molecule has 4 rings (SSSR count). The Labute approximate surface area is 171 Å². The van der Waals surface area contributed by atoms with E-state index in [1.165, 1.54) is 11.1 Å². The van der Waals surface area contributed by atoms with Gasteiger partial charge < -0.3 is 4.90 Å². The third-order valence-electron chi connectivity index (χ3n) is 5.84. The maximum Gasteiger partial charge on any atom is 0.258 e. The van der Waals surface area contributed by atoms with Crippen molar-refractivity contribution in [2.45, 2.75) is 38.1 Å². The molecule has 0 aromatic heterocycles. The molecule has 0 radical (unpaired) electrons. The van der Waals surface area contributed by atoms with Gasteiger partial charge >= 0.3 is 0 Å². The molecular weight excluding hydrogens is 366 g/mol. The molecule has 3 heteroatoms. The van der Waals surface area contributed by atoms with Crippen LogP contribution in [-0.4, -0.2) is 11.4 Å². The Hall–Kier alpha value is -2.58. The summed E-state index contributed by atoms with van der Waals surface area (Å²) in [4.78, 5) is 15.4. The highest BCUT2D eigenvalue weighted by Crippen LogP contribution is 2.50. The lowest BCUT2D eigenvalue weighted by Crippen LogP contribution is -2.55. The van der Waals surface area contributed by atoms with Crippen LogP contribution in [0.25, 0.3) is 0 Å². The van der Waals surface area contributed by atoms with E-state index in [2.05, 4.69) is 51.1 Å². The molecule has 0 saturated carbocycles. The summed E-state index contributed by atoms with van der Waals surface area (Å²) in [6.07, 6.45) is 0.817. The molecule has 0 spiro atoms. The third kappa shape index (κ3) is 3.02. The summed E-state index contributed by atoms with van der Waals surface area (Å²) in [6, 6.07) is 25.9. The topological polar surface area (TPSA) is 20.3 Å². The first-order valence-corrected chi connectivity index (χ1v) is 9.96. The SMILES string of the molecule is CC1(C)C[C@](C)(c2ccc(Cl)cc2)c2ccccc2N1C(=O)c1ccccc1. The first-order chi connectivity index (χ1) is 13.3. The number of halogens is 1. The zero-order chi connectivity index (χ0) is 19.9. The van der Waals surface area contributed by atoms with E-state index in [0.29, 0.717) is 5.56 Å². The number of benzene rings is 3. The van der Waals surface area contributed by atoms with E-state index in [9.17, 15) is 4.79 Å². The second-order valence-corrected chi connectivity index (χ2v) is 8.79. The minimum absolute atomic E-state index is 0.0382. The van der Waals surface area contributed by atoms with Gasteiger partial charge in [-0.05, 0) is 61.7 Å². The number of rotatable bonds is 2. The van der Waals surface area contributed by atoms with Crippen molar-refractivity contribution in [3.8, 4) is 0 Å². The molecule has 1 aliphatic rings. The monoisotopic (exact) mass is 389 g/mol.